The fraction of sp³-hybridized carbons (Fsp3) is 0. The number of halogens is 2. The van der Waals surface area contributed by atoms with Gasteiger partial charge in [0.15, 0.2) is 0 Å². The van der Waals surface area contributed by atoms with Crippen LogP contribution in [0.25, 0.3) is 17.4 Å². The Balaban J connectivity index is 1.61. The number of aromatic carboxylic acids is 1. The largest absolute Gasteiger partial charge is 0.545 e. The number of nitrogens with zero attached hydrogens (tertiary/aromatic N) is 1. The van der Waals surface area contributed by atoms with Crippen molar-refractivity contribution >= 4 is 52.7 Å². The van der Waals surface area contributed by atoms with Gasteiger partial charge in [-0.25, -0.2) is 5.01 Å². The lowest BCUT2D eigenvalue weighted by Gasteiger charge is -2.14. The van der Waals surface area contributed by atoms with Crippen LogP contribution in [0.15, 0.2) is 64.6 Å². The lowest BCUT2D eigenvalue weighted by atomic mass is 10.1. The molecule has 150 valence electrons. The summed E-state index contributed by atoms with van der Waals surface area (Å²) in [5, 5.41) is 12.5. The van der Waals surface area contributed by atoms with E-state index < -0.39 is 17.8 Å². The molecule has 0 aliphatic carbocycles. The Hall–Kier alpha value is -3.55. The number of nitrogens with one attached hydrogen (secondary N) is 1. The zero-order valence-corrected chi connectivity index (χ0v) is 16.5. The quantitative estimate of drug-likeness (QED) is 0.494. The van der Waals surface area contributed by atoms with Gasteiger partial charge in [-0.05, 0) is 42.5 Å². The van der Waals surface area contributed by atoms with Crippen LogP contribution >= 0.6 is 23.2 Å². The number of anilines is 1. The molecule has 1 aliphatic heterocycles. The molecule has 4 rings (SSSR count). The molecule has 0 atom stereocenters. The molecular formula is C21H11Cl2N2O5-. The van der Waals surface area contributed by atoms with E-state index in [1.807, 2.05) is 0 Å². The average Bonchev–Trinajstić information content (AvgIpc) is 3.28. The third-order valence-electron chi connectivity index (χ3n) is 4.34. The summed E-state index contributed by atoms with van der Waals surface area (Å²) in [6, 6.07) is 13.9. The summed E-state index contributed by atoms with van der Waals surface area (Å²) in [7, 11) is 0. The number of amides is 2. The predicted octanol–water partition coefficient (Wildman–Crippen LogP) is 3.08. The second kappa shape index (κ2) is 7.70. The van der Waals surface area contributed by atoms with Gasteiger partial charge in [0, 0.05) is 16.1 Å². The van der Waals surface area contributed by atoms with Crippen molar-refractivity contribution in [3.63, 3.8) is 0 Å². The van der Waals surface area contributed by atoms with E-state index in [0.29, 0.717) is 22.0 Å². The Kier molecular flexibility index (Phi) is 5.07. The summed E-state index contributed by atoms with van der Waals surface area (Å²) in [6.07, 6.45) is 1.32. The van der Waals surface area contributed by atoms with E-state index in [0.717, 1.165) is 5.01 Å². The van der Waals surface area contributed by atoms with Crippen LogP contribution in [0, 0.1) is 0 Å². The molecule has 2 heterocycles. The fourth-order valence-electron chi connectivity index (χ4n) is 2.92. The number of carbonyl (C=O) groups is 3. The standard InChI is InChI=1S/C21H12Cl2N2O5/c22-12-2-1-3-13(9-12)25-20(27)16(19(26)24-25)10-14-5-7-18(30-14)11-4-6-15(21(28)29)17(23)8-11/h1-10H,(H,24,26)(H,28,29)/p-1/b16-10-. The maximum atomic E-state index is 12.7. The average molecular weight is 442 g/mol. The number of carboxylic acids is 1. The van der Waals surface area contributed by atoms with Crippen LogP contribution in [0.1, 0.15) is 16.1 Å². The van der Waals surface area contributed by atoms with E-state index in [-0.39, 0.29) is 21.9 Å². The Morgan fingerprint density at radius 2 is 1.87 bits per heavy atom. The maximum absolute atomic E-state index is 12.7. The molecule has 0 spiro atoms. The Labute approximate surface area is 180 Å². The number of rotatable bonds is 4. The molecule has 1 saturated heterocycles. The number of hydrogen-bond acceptors (Lipinski definition) is 5. The number of carbonyl (C=O) groups excluding carboxylic acids is 3. The molecule has 2 aromatic carbocycles. The van der Waals surface area contributed by atoms with Crippen molar-refractivity contribution in [3.8, 4) is 11.3 Å². The lowest BCUT2D eigenvalue weighted by molar-refractivity contribution is -0.255. The van der Waals surface area contributed by atoms with Crippen molar-refractivity contribution < 1.29 is 23.9 Å². The molecule has 3 aromatic rings. The molecule has 0 radical (unpaired) electrons. The van der Waals surface area contributed by atoms with E-state index in [1.54, 1.807) is 36.4 Å². The molecule has 2 amide bonds. The Bertz CT molecular complexity index is 1230. The van der Waals surface area contributed by atoms with E-state index >= 15 is 0 Å². The minimum atomic E-state index is -1.38. The molecule has 1 aliphatic rings. The predicted molar refractivity (Wildman–Crippen MR) is 109 cm³/mol. The van der Waals surface area contributed by atoms with Crippen LogP contribution < -0.4 is 15.5 Å². The molecule has 1 fully saturated rings. The molecule has 1 N–H and O–H groups in total. The van der Waals surface area contributed by atoms with Crippen molar-refractivity contribution in [2.45, 2.75) is 0 Å². The molecule has 9 heteroatoms. The maximum Gasteiger partial charge on any atom is 0.282 e. The van der Waals surface area contributed by atoms with Gasteiger partial charge in [-0.15, -0.1) is 0 Å². The molecule has 0 bridgehead atoms. The van der Waals surface area contributed by atoms with E-state index in [2.05, 4.69) is 5.43 Å². The van der Waals surface area contributed by atoms with Crippen molar-refractivity contribution in [1.82, 2.24) is 5.43 Å². The third-order valence-corrected chi connectivity index (χ3v) is 4.89. The third kappa shape index (κ3) is 3.68. The summed E-state index contributed by atoms with van der Waals surface area (Å²) in [6.45, 7) is 0. The molecule has 1 aromatic heterocycles. The summed E-state index contributed by atoms with van der Waals surface area (Å²) in [4.78, 5) is 35.9. The van der Waals surface area contributed by atoms with Gasteiger partial charge in [0.25, 0.3) is 11.8 Å². The lowest BCUT2D eigenvalue weighted by Crippen LogP contribution is -2.35. The van der Waals surface area contributed by atoms with E-state index in [1.165, 1.54) is 24.3 Å². The van der Waals surface area contributed by atoms with Gasteiger partial charge in [0.05, 0.1) is 16.7 Å². The van der Waals surface area contributed by atoms with Crippen LogP contribution in [0.2, 0.25) is 10.0 Å². The first-order valence-electron chi connectivity index (χ1n) is 8.57. The van der Waals surface area contributed by atoms with Gasteiger partial charge in [0.1, 0.15) is 17.1 Å². The number of hydrogen-bond donors (Lipinski definition) is 1. The molecule has 30 heavy (non-hydrogen) atoms. The van der Waals surface area contributed by atoms with E-state index in [9.17, 15) is 19.5 Å². The van der Waals surface area contributed by atoms with Crippen LogP contribution in [0.3, 0.4) is 0 Å². The van der Waals surface area contributed by atoms with E-state index in [4.69, 9.17) is 27.6 Å². The highest BCUT2D eigenvalue weighted by Gasteiger charge is 2.34. The summed E-state index contributed by atoms with van der Waals surface area (Å²) in [5.74, 6) is -1.88. The van der Waals surface area contributed by atoms with Gasteiger partial charge < -0.3 is 14.3 Å². The zero-order chi connectivity index (χ0) is 21.4. The number of carboxylic acid groups (broad SMARTS) is 1. The van der Waals surface area contributed by atoms with Gasteiger partial charge in [-0.1, -0.05) is 41.4 Å². The van der Waals surface area contributed by atoms with Crippen LogP contribution in [-0.2, 0) is 9.59 Å². The Morgan fingerprint density at radius 1 is 1.07 bits per heavy atom. The summed E-state index contributed by atoms with van der Waals surface area (Å²) < 4.78 is 5.67. The number of hydrazine groups is 1. The monoisotopic (exact) mass is 441 g/mol. The van der Waals surface area contributed by atoms with Crippen LogP contribution in [0.5, 0.6) is 0 Å². The van der Waals surface area contributed by atoms with Gasteiger partial charge in [-0.3, -0.25) is 15.0 Å². The molecule has 0 unspecified atom stereocenters. The topological polar surface area (TPSA) is 103 Å². The second-order valence-corrected chi connectivity index (χ2v) is 7.15. The smallest absolute Gasteiger partial charge is 0.282 e. The summed E-state index contributed by atoms with van der Waals surface area (Å²) >= 11 is 11.9. The van der Waals surface area contributed by atoms with Gasteiger partial charge in [-0.2, -0.15) is 0 Å². The van der Waals surface area contributed by atoms with Crippen molar-refractivity contribution in [3.05, 3.63) is 81.5 Å². The molecular weight excluding hydrogens is 431 g/mol. The van der Waals surface area contributed by atoms with Gasteiger partial charge >= 0.3 is 0 Å². The van der Waals surface area contributed by atoms with Gasteiger partial charge in [0.2, 0.25) is 0 Å². The first-order valence-corrected chi connectivity index (χ1v) is 9.33. The first kappa shape index (κ1) is 19.8. The first-order chi connectivity index (χ1) is 14.3. The highest BCUT2D eigenvalue weighted by molar-refractivity contribution is 6.34. The Morgan fingerprint density at radius 3 is 2.57 bits per heavy atom. The van der Waals surface area contributed by atoms with Crippen molar-refractivity contribution in [1.29, 1.82) is 0 Å². The number of benzene rings is 2. The van der Waals surface area contributed by atoms with Crippen molar-refractivity contribution in [2.24, 2.45) is 0 Å². The highest BCUT2D eigenvalue weighted by atomic mass is 35.5. The zero-order valence-electron chi connectivity index (χ0n) is 15.0. The van der Waals surface area contributed by atoms with Crippen LogP contribution in [0.4, 0.5) is 5.69 Å². The fourth-order valence-corrected chi connectivity index (χ4v) is 3.36. The molecule has 0 saturated carbocycles. The minimum Gasteiger partial charge on any atom is -0.545 e. The number of furan rings is 1. The van der Waals surface area contributed by atoms with Crippen molar-refractivity contribution in [2.75, 3.05) is 5.01 Å². The summed E-state index contributed by atoms with van der Waals surface area (Å²) in [5.41, 5.74) is 3.18. The minimum absolute atomic E-state index is 0.00585. The van der Waals surface area contributed by atoms with Crippen LogP contribution in [-0.4, -0.2) is 17.8 Å². The highest BCUT2D eigenvalue weighted by Crippen LogP contribution is 2.29. The normalized spacial score (nSPS) is 15.0. The molecule has 7 nitrogen and oxygen atoms in total. The SMILES string of the molecule is O=C1NN(c2cccc(Cl)c2)C(=O)/C1=C\c1ccc(-c2ccc(C(=O)[O-])c(Cl)c2)o1. The second-order valence-electron chi connectivity index (χ2n) is 6.30.